The maximum atomic E-state index is 12.3. The molecule has 1 unspecified atom stereocenters. The molecule has 28 heavy (non-hydrogen) atoms. The molecule has 0 aliphatic carbocycles. The first kappa shape index (κ1) is 22.0. The summed E-state index contributed by atoms with van der Waals surface area (Å²) in [6.45, 7) is 13.4. The maximum Gasteiger partial charge on any atom is 0.260 e. The van der Waals surface area contributed by atoms with Crippen molar-refractivity contribution in [3.8, 4) is 5.75 Å². The van der Waals surface area contributed by atoms with Crippen LogP contribution in [0.4, 0.5) is 0 Å². The zero-order valence-electron chi connectivity index (χ0n) is 18.2. The minimum atomic E-state index is -0.509. The molecule has 0 aliphatic heterocycles. The molecule has 3 heteroatoms. The summed E-state index contributed by atoms with van der Waals surface area (Å²) >= 11 is 0. The molecule has 152 valence electrons. The van der Waals surface area contributed by atoms with Crippen molar-refractivity contribution in [2.24, 2.45) is 0 Å². The minimum Gasteiger partial charge on any atom is -0.481 e. The van der Waals surface area contributed by atoms with E-state index in [1.807, 2.05) is 12.1 Å². The number of ether oxygens (including phenoxy) is 1. The summed E-state index contributed by atoms with van der Waals surface area (Å²) in [5.41, 5.74) is 4.02. The number of carbonyl (C=O) groups excluding carboxylic acids is 1. The Balaban J connectivity index is 1.73. The van der Waals surface area contributed by atoms with Gasteiger partial charge in [0.25, 0.3) is 5.91 Å². The average Bonchev–Trinajstić information content (AvgIpc) is 2.65. The van der Waals surface area contributed by atoms with E-state index in [9.17, 15) is 4.79 Å². The average molecular weight is 382 g/mol. The van der Waals surface area contributed by atoms with E-state index >= 15 is 0 Å². The Hall–Kier alpha value is -2.29. The lowest BCUT2D eigenvalue weighted by molar-refractivity contribution is -0.127. The Morgan fingerprint density at radius 1 is 0.964 bits per heavy atom. The van der Waals surface area contributed by atoms with Gasteiger partial charge in [-0.15, -0.1) is 0 Å². The fourth-order valence-electron chi connectivity index (χ4n) is 3.01. The molecule has 1 amide bonds. The molecular formula is C25H35NO2. The molecule has 2 rings (SSSR count). The van der Waals surface area contributed by atoms with Crippen LogP contribution in [0, 0.1) is 0 Å². The molecule has 3 nitrogen and oxygen atoms in total. The summed E-state index contributed by atoms with van der Waals surface area (Å²) in [4.78, 5) is 12.3. The largest absolute Gasteiger partial charge is 0.481 e. The van der Waals surface area contributed by atoms with Crippen molar-refractivity contribution in [3.63, 3.8) is 0 Å². The highest BCUT2D eigenvalue weighted by Gasteiger charge is 2.16. The third-order valence-corrected chi connectivity index (χ3v) is 4.99. The normalized spacial score (nSPS) is 12.7. The Bertz CT molecular complexity index is 740. The van der Waals surface area contributed by atoms with Gasteiger partial charge in [0.15, 0.2) is 6.10 Å². The first-order valence-electron chi connectivity index (χ1n) is 10.3. The number of aryl methyl sites for hydroxylation is 1. The van der Waals surface area contributed by atoms with Crippen LogP contribution in [0.15, 0.2) is 48.5 Å². The van der Waals surface area contributed by atoms with Gasteiger partial charge in [-0.25, -0.2) is 0 Å². The smallest absolute Gasteiger partial charge is 0.260 e. The van der Waals surface area contributed by atoms with Crippen molar-refractivity contribution in [3.05, 3.63) is 65.2 Å². The summed E-state index contributed by atoms with van der Waals surface area (Å²) in [6, 6.07) is 16.7. The Morgan fingerprint density at radius 3 is 2.11 bits per heavy atom. The topological polar surface area (TPSA) is 38.3 Å². The summed E-state index contributed by atoms with van der Waals surface area (Å²) < 4.78 is 5.78. The molecule has 0 saturated heterocycles. The van der Waals surface area contributed by atoms with Crippen molar-refractivity contribution in [2.75, 3.05) is 6.54 Å². The fraction of sp³-hybridized carbons (Fsp3) is 0.480. The fourth-order valence-corrected chi connectivity index (χ4v) is 3.01. The standard InChI is InChI=1S/C25H35NO2/c1-18(2)21-11-9-20(10-12-21)8-7-17-26-24(27)19(3)28-23-15-13-22(14-16-23)25(4,5)6/h9-16,18-19H,7-8,17H2,1-6H3,(H,26,27). The number of carbonyl (C=O) groups is 1. The second-order valence-electron chi connectivity index (χ2n) is 8.83. The molecule has 0 spiro atoms. The number of hydrogen-bond acceptors (Lipinski definition) is 2. The highest BCUT2D eigenvalue weighted by atomic mass is 16.5. The van der Waals surface area contributed by atoms with Crippen LogP contribution in [0.25, 0.3) is 0 Å². The zero-order chi connectivity index (χ0) is 20.7. The van der Waals surface area contributed by atoms with Gasteiger partial charge in [0.2, 0.25) is 0 Å². The number of nitrogens with one attached hydrogen (secondary N) is 1. The van der Waals surface area contributed by atoms with E-state index in [0.717, 1.165) is 18.6 Å². The summed E-state index contributed by atoms with van der Waals surface area (Å²) in [5.74, 6) is 1.20. The molecule has 0 saturated carbocycles. The predicted molar refractivity (Wildman–Crippen MR) is 117 cm³/mol. The first-order chi connectivity index (χ1) is 13.2. The molecule has 0 bridgehead atoms. The van der Waals surface area contributed by atoms with Crippen LogP contribution >= 0.6 is 0 Å². The van der Waals surface area contributed by atoms with Gasteiger partial charge in [-0.2, -0.15) is 0 Å². The van der Waals surface area contributed by atoms with Crippen LogP contribution in [0.5, 0.6) is 5.75 Å². The number of hydrogen-bond donors (Lipinski definition) is 1. The van der Waals surface area contributed by atoms with E-state index < -0.39 is 6.10 Å². The summed E-state index contributed by atoms with van der Waals surface area (Å²) in [6.07, 6.45) is 1.37. The quantitative estimate of drug-likeness (QED) is 0.602. The molecule has 2 aromatic carbocycles. The van der Waals surface area contributed by atoms with Crippen molar-refractivity contribution in [1.82, 2.24) is 5.32 Å². The van der Waals surface area contributed by atoms with Gasteiger partial charge in [-0.3, -0.25) is 4.79 Å². The van der Waals surface area contributed by atoms with E-state index in [4.69, 9.17) is 4.74 Å². The van der Waals surface area contributed by atoms with E-state index in [-0.39, 0.29) is 11.3 Å². The molecule has 1 atom stereocenters. The van der Waals surface area contributed by atoms with Crippen molar-refractivity contribution >= 4 is 5.91 Å². The molecule has 0 fully saturated rings. The Kier molecular flexibility index (Phi) is 7.68. The molecule has 0 heterocycles. The van der Waals surface area contributed by atoms with Crippen LogP contribution in [-0.4, -0.2) is 18.6 Å². The maximum absolute atomic E-state index is 12.3. The van der Waals surface area contributed by atoms with Gasteiger partial charge in [0.05, 0.1) is 0 Å². The van der Waals surface area contributed by atoms with Crippen LogP contribution < -0.4 is 10.1 Å². The van der Waals surface area contributed by atoms with Gasteiger partial charge >= 0.3 is 0 Å². The van der Waals surface area contributed by atoms with Gasteiger partial charge < -0.3 is 10.1 Å². The van der Waals surface area contributed by atoms with E-state index in [1.54, 1.807) is 6.92 Å². The summed E-state index contributed by atoms with van der Waals surface area (Å²) in [5, 5.41) is 2.97. The molecule has 0 aliphatic rings. The van der Waals surface area contributed by atoms with E-state index in [1.165, 1.54) is 16.7 Å². The molecule has 2 aromatic rings. The second-order valence-corrected chi connectivity index (χ2v) is 8.83. The lowest BCUT2D eigenvalue weighted by atomic mass is 9.87. The number of amides is 1. The zero-order valence-corrected chi connectivity index (χ0v) is 18.2. The van der Waals surface area contributed by atoms with Crippen molar-refractivity contribution in [2.45, 2.75) is 71.8 Å². The Morgan fingerprint density at radius 2 is 1.57 bits per heavy atom. The van der Waals surface area contributed by atoms with Gasteiger partial charge in [-0.05, 0) is 59.9 Å². The van der Waals surface area contributed by atoms with Crippen molar-refractivity contribution < 1.29 is 9.53 Å². The van der Waals surface area contributed by atoms with Crippen LogP contribution in [0.3, 0.4) is 0 Å². The minimum absolute atomic E-state index is 0.0740. The third-order valence-electron chi connectivity index (χ3n) is 4.99. The molecule has 1 N–H and O–H groups in total. The first-order valence-corrected chi connectivity index (χ1v) is 10.3. The molecule has 0 radical (unpaired) electrons. The van der Waals surface area contributed by atoms with Crippen LogP contribution in [0.1, 0.15) is 70.6 Å². The monoisotopic (exact) mass is 381 g/mol. The van der Waals surface area contributed by atoms with E-state index in [0.29, 0.717) is 12.5 Å². The SMILES string of the molecule is CC(Oc1ccc(C(C)(C)C)cc1)C(=O)NCCCc1ccc(C(C)C)cc1. The highest BCUT2D eigenvalue weighted by molar-refractivity contribution is 5.80. The highest BCUT2D eigenvalue weighted by Crippen LogP contribution is 2.24. The van der Waals surface area contributed by atoms with Crippen LogP contribution in [0.2, 0.25) is 0 Å². The number of rotatable bonds is 8. The lowest BCUT2D eigenvalue weighted by Gasteiger charge is -2.20. The molecule has 0 aromatic heterocycles. The van der Waals surface area contributed by atoms with Crippen molar-refractivity contribution in [1.29, 1.82) is 0 Å². The molecular weight excluding hydrogens is 346 g/mol. The predicted octanol–water partition coefficient (Wildman–Crippen LogP) is 5.62. The van der Waals surface area contributed by atoms with Gasteiger partial charge in [-0.1, -0.05) is 71.0 Å². The second kappa shape index (κ2) is 9.77. The number of benzene rings is 2. The third kappa shape index (κ3) is 6.70. The van der Waals surface area contributed by atoms with Gasteiger partial charge in [0.1, 0.15) is 5.75 Å². The van der Waals surface area contributed by atoms with E-state index in [2.05, 4.69) is 76.3 Å². The van der Waals surface area contributed by atoms with Gasteiger partial charge in [0, 0.05) is 6.54 Å². The van der Waals surface area contributed by atoms with Crippen LogP contribution in [-0.2, 0) is 16.6 Å². The summed E-state index contributed by atoms with van der Waals surface area (Å²) in [7, 11) is 0. The Labute approximate surface area is 170 Å². The lowest BCUT2D eigenvalue weighted by Crippen LogP contribution is -2.36.